The average molecular weight is 441 g/mol. The number of halogens is 1. The van der Waals surface area contributed by atoms with Gasteiger partial charge in [0.1, 0.15) is 26.0 Å². The predicted octanol–water partition coefficient (Wildman–Crippen LogP) is 3.84. The third-order valence-corrected chi connectivity index (χ3v) is 4.53. The van der Waals surface area contributed by atoms with Gasteiger partial charge in [-0.25, -0.2) is 9.59 Å². The summed E-state index contributed by atoms with van der Waals surface area (Å²) in [6, 6.07) is 1.41. The van der Waals surface area contributed by atoms with Crippen LogP contribution in [0.2, 0.25) is 24.7 Å². The first-order valence-corrected chi connectivity index (χ1v) is 13.0. The number of ether oxygens (including phenoxy) is 3. The topological polar surface area (TPSA) is 99.9 Å². The van der Waals surface area contributed by atoms with Crippen LogP contribution in [0.25, 0.3) is 0 Å². The maximum absolute atomic E-state index is 12.1. The Kier molecular flexibility index (Phi) is 8.42. The summed E-state index contributed by atoms with van der Waals surface area (Å²) in [4.78, 5) is 23.8. The molecule has 0 aliphatic heterocycles. The first kappa shape index (κ1) is 24.7. The minimum absolute atomic E-state index is 0.104. The quantitative estimate of drug-likeness (QED) is 0.237. The van der Waals surface area contributed by atoms with Crippen molar-refractivity contribution in [3.8, 4) is 17.2 Å². The number of hydrogen-bond donors (Lipinski definition) is 2. The van der Waals surface area contributed by atoms with Gasteiger partial charge in [0.15, 0.2) is 0 Å². The van der Waals surface area contributed by atoms with Gasteiger partial charge in [-0.3, -0.25) is 0 Å². The number of carbonyl (C=O) groups is 2. The molecule has 0 saturated heterocycles. The molecule has 0 aliphatic rings. The van der Waals surface area contributed by atoms with Crippen LogP contribution in [-0.4, -0.2) is 46.0 Å². The summed E-state index contributed by atoms with van der Waals surface area (Å²) in [6.07, 6.45) is -0.554. The molecule has 0 bridgehead atoms. The fourth-order valence-corrected chi connectivity index (χ4v) is 2.81. The number of alkyl carbamates (subject to hydrolysis) is 1. The molecule has 0 aliphatic carbocycles. The van der Waals surface area contributed by atoms with Crippen molar-refractivity contribution >= 4 is 37.4 Å². The maximum atomic E-state index is 12.1. The van der Waals surface area contributed by atoms with Crippen molar-refractivity contribution in [2.24, 2.45) is 0 Å². The highest BCUT2D eigenvalue weighted by atomic mass is 35.5. The Morgan fingerprint density at radius 2 is 1.90 bits per heavy atom. The predicted molar refractivity (Wildman–Crippen MR) is 117 cm³/mol. The van der Waals surface area contributed by atoms with Crippen molar-refractivity contribution in [3.63, 3.8) is 0 Å². The molecule has 160 valence electrons. The van der Waals surface area contributed by atoms with Crippen LogP contribution in [0.15, 0.2) is 6.07 Å². The number of esters is 1. The SMILES string of the molecule is COC(=O)c1cc(OCCNC(=O)OC(C)(C)C)c(N)c(C#C[Si](C)(C)C)c1Cl. The van der Waals surface area contributed by atoms with E-state index in [0.29, 0.717) is 5.56 Å². The molecule has 0 atom stereocenters. The zero-order valence-electron chi connectivity index (χ0n) is 18.0. The largest absolute Gasteiger partial charge is 0.490 e. The summed E-state index contributed by atoms with van der Waals surface area (Å²) in [5, 5.41) is 2.71. The molecule has 29 heavy (non-hydrogen) atoms. The van der Waals surface area contributed by atoms with Crippen molar-refractivity contribution in [2.45, 2.75) is 46.0 Å². The lowest BCUT2D eigenvalue weighted by molar-refractivity contribution is 0.0519. The summed E-state index contributed by atoms with van der Waals surface area (Å²) < 4.78 is 15.6. The molecule has 1 aromatic rings. The fraction of sp³-hybridized carbons (Fsp3) is 0.500. The highest BCUT2D eigenvalue weighted by Gasteiger charge is 2.21. The minimum Gasteiger partial charge on any atom is -0.490 e. The third-order valence-electron chi connectivity index (χ3n) is 3.26. The summed E-state index contributed by atoms with van der Waals surface area (Å²) in [5.41, 5.74) is 9.44. The van der Waals surface area contributed by atoms with Crippen molar-refractivity contribution in [1.82, 2.24) is 5.32 Å². The molecular weight excluding hydrogens is 412 g/mol. The van der Waals surface area contributed by atoms with Gasteiger partial charge in [0.05, 0.1) is 35.5 Å². The van der Waals surface area contributed by atoms with Gasteiger partial charge in [0, 0.05) is 0 Å². The van der Waals surface area contributed by atoms with E-state index in [4.69, 9.17) is 31.5 Å². The number of nitrogens with two attached hydrogens (primary N) is 1. The summed E-state index contributed by atoms with van der Waals surface area (Å²) in [5.74, 6) is 2.61. The number of benzene rings is 1. The molecule has 0 heterocycles. The molecule has 0 unspecified atom stereocenters. The second-order valence-corrected chi connectivity index (χ2v) is 13.4. The van der Waals surface area contributed by atoms with Gasteiger partial charge in [-0.2, -0.15) is 0 Å². The molecular formula is C20H29ClN2O5Si. The van der Waals surface area contributed by atoms with E-state index in [9.17, 15) is 9.59 Å². The Hall–Kier alpha value is -2.37. The van der Waals surface area contributed by atoms with Crippen LogP contribution in [0.1, 0.15) is 36.7 Å². The number of rotatable bonds is 5. The van der Waals surface area contributed by atoms with Crippen molar-refractivity contribution in [2.75, 3.05) is 26.0 Å². The highest BCUT2D eigenvalue weighted by Crippen LogP contribution is 2.35. The standard InChI is InChI=1S/C20H29ClN2O5Si/c1-20(2,3)28-19(25)23-9-10-27-15-12-14(18(24)26-4)16(21)13(17(15)22)8-11-29(5,6)7/h12H,9-10,22H2,1-7H3,(H,23,25). The summed E-state index contributed by atoms with van der Waals surface area (Å²) in [6.45, 7) is 11.8. The van der Waals surface area contributed by atoms with E-state index in [0.717, 1.165) is 0 Å². The number of hydrogen-bond acceptors (Lipinski definition) is 6. The lowest BCUT2D eigenvalue weighted by atomic mass is 10.1. The summed E-state index contributed by atoms with van der Waals surface area (Å²) in [7, 11) is -0.456. The number of nitrogen functional groups attached to an aromatic ring is 1. The van der Waals surface area contributed by atoms with E-state index in [2.05, 4.69) is 36.4 Å². The first-order chi connectivity index (χ1) is 13.2. The van der Waals surface area contributed by atoms with Crippen LogP contribution in [0.4, 0.5) is 10.5 Å². The van der Waals surface area contributed by atoms with Gasteiger partial charge in [0.25, 0.3) is 0 Å². The maximum Gasteiger partial charge on any atom is 0.407 e. The average Bonchev–Trinajstić information content (AvgIpc) is 2.57. The van der Waals surface area contributed by atoms with Crippen LogP contribution < -0.4 is 15.8 Å². The Labute approximate surface area is 178 Å². The zero-order valence-corrected chi connectivity index (χ0v) is 19.7. The van der Waals surface area contributed by atoms with E-state index in [1.54, 1.807) is 20.8 Å². The van der Waals surface area contributed by atoms with Gasteiger partial charge in [0.2, 0.25) is 0 Å². The molecule has 0 spiro atoms. The summed E-state index contributed by atoms with van der Waals surface area (Å²) >= 11 is 6.36. The van der Waals surface area contributed by atoms with Crippen LogP contribution in [-0.2, 0) is 9.47 Å². The Morgan fingerprint density at radius 1 is 1.28 bits per heavy atom. The Bertz CT molecular complexity index is 832. The minimum atomic E-state index is -1.71. The molecule has 1 rings (SSSR count). The number of nitrogens with one attached hydrogen (secondary N) is 1. The fourth-order valence-electron chi connectivity index (χ4n) is 2.03. The van der Waals surface area contributed by atoms with E-state index >= 15 is 0 Å². The van der Waals surface area contributed by atoms with Crippen LogP contribution >= 0.6 is 11.6 Å². The second-order valence-electron chi connectivity index (χ2n) is 8.29. The zero-order chi connectivity index (χ0) is 22.4. The normalized spacial score (nSPS) is 11.2. The lowest BCUT2D eigenvalue weighted by Crippen LogP contribution is -2.34. The highest BCUT2D eigenvalue weighted by molar-refractivity contribution is 6.83. The lowest BCUT2D eigenvalue weighted by Gasteiger charge is -2.20. The number of carbonyl (C=O) groups excluding carboxylic acids is 2. The van der Waals surface area contributed by atoms with Gasteiger partial charge < -0.3 is 25.3 Å². The molecule has 1 amide bonds. The van der Waals surface area contributed by atoms with Crippen LogP contribution in [0.3, 0.4) is 0 Å². The Balaban J connectivity index is 3.06. The first-order valence-electron chi connectivity index (χ1n) is 9.08. The molecule has 0 aromatic heterocycles. The van der Waals surface area contributed by atoms with E-state index in [1.165, 1.54) is 13.2 Å². The van der Waals surface area contributed by atoms with Gasteiger partial charge >= 0.3 is 12.1 Å². The second kappa shape index (κ2) is 9.90. The van der Waals surface area contributed by atoms with E-state index in [-0.39, 0.29) is 35.2 Å². The molecule has 0 fully saturated rings. The van der Waals surface area contributed by atoms with Crippen molar-refractivity contribution in [1.29, 1.82) is 0 Å². The molecule has 0 radical (unpaired) electrons. The van der Waals surface area contributed by atoms with E-state index < -0.39 is 25.7 Å². The van der Waals surface area contributed by atoms with E-state index in [1.807, 2.05) is 0 Å². The number of methoxy groups -OCH3 is 1. The molecule has 0 saturated carbocycles. The monoisotopic (exact) mass is 440 g/mol. The number of anilines is 1. The van der Waals surface area contributed by atoms with Gasteiger partial charge in [-0.15, -0.1) is 5.54 Å². The van der Waals surface area contributed by atoms with Gasteiger partial charge in [-0.05, 0) is 26.8 Å². The van der Waals surface area contributed by atoms with Gasteiger partial charge in [-0.1, -0.05) is 37.2 Å². The number of amides is 1. The van der Waals surface area contributed by atoms with Crippen molar-refractivity contribution in [3.05, 3.63) is 22.2 Å². The van der Waals surface area contributed by atoms with Crippen LogP contribution in [0, 0.1) is 11.5 Å². The van der Waals surface area contributed by atoms with Crippen molar-refractivity contribution < 1.29 is 23.8 Å². The smallest absolute Gasteiger partial charge is 0.407 e. The third kappa shape index (κ3) is 8.26. The molecule has 3 N–H and O–H groups in total. The molecule has 9 heteroatoms. The molecule has 1 aromatic carbocycles. The Morgan fingerprint density at radius 3 is 2.41 bits per heavy atom. The van der Waals surface area contributed by atoms with Crippen LogP contribution in [0.5, 0.6) is 5.75 Å². The molecule has 7 nitrogen and oxygen atoms in total.